The van der Waals surface area contributed by atoms with Crippen LogP contribution in [0.25, 0.3) is 0 Å². The van der Waals surface area contributed by atoms with Gasteiger partial charge in [-0.2, -0.15) is 5.10 Å². The summed E-state index contributed by atoms with van der Waals surface area (Å²) in [6, 6.07) is 0. The molecule has 1 unspecified atom stereocenters. The largest absolute Gasteiger partial charge is 0.259 e. The number of rotatable bonds is 4. The Labute approximate surface area is 111 Å². The molecule has 1 rings (SSSR count). The molecule has 0 radical (unpaired) electrons. The van der Waals surface area contributed by atoms with E-state index in [4.69, 9.17) is 23.2 Å². The molecule has 17 heavy (non-hydrogen) atoms. The van der Waals surface area contributed by atoms with Gasteiger partial charge < -0.3 is 0 Å². The van der Waals surface area contributed by atoms with E-state index in [1.165, 1.54) is 17.9 Å². The maximum Gasteiger partial charge on any atom is 0.259 e. The number of nitrogens with one attached hydrogen (secondary N) is 1. The Morgan fingerprint density at radius 3 is 2.41 bits per heavy atom. The fraction of sp³-hybridized carbons (Fsp3) is 0.667. The molecule has 0 saturated carbocycles. The van der Waals surface area contributed by atoms with E-state index in [0.717, 1.165) is 0 Å². The van der Waals surface area contributed by atoms with Crippen molar-refractivity contribution in [2.75, 3.05) is 0 Å². The van der Waals surface area contributed by atoms with Gasteiger partial charge in [-0.05, 0) is 20.8 Å². The highest BCUT2D eigenvalue weighted by Gasteiger charge is 2.33. The first-order valence-electron chi connectivity index (χ1n) is 4.93. The van der Waals surface area contributed by atoms with Crippen LogP contribution < -0.4 is 4.72 Å². The summed E-state index contributed by atoms with van der Waals surface area (Å²) >= 11 is 11.7. The second-order valence-corrected chi connectivity index (χ2v) is 7.02. The predicted octanol–water partition coefficient (Wildman–Crippen LogP) is 1.76. The average molecular weight is 300 g/mol. The molecular weight excluding hydrogens is 285 g/mol. The number of aryl methyl sites for hydroxylation is 1. The summed E-state index contributed by atoms with van der Waals surface area (Å²) in [5, 5.41) is 3.44. The van der Waals surface area contributed by atoms with E-state index in [1.807, 2.05) is 0 Å². The van der Waals surface area contributed by atoms with Crippen molar-refractivity contribution in [3.05, 3.63) is 11.2 Å². The van der Waals surface area contributed by atoms with E-state index in [0.29, 0.717) is 0 Å². The Bertz CT molecular complexity index is 489. The van der Waals surface area contributed by atoms with Crippen molar-refractivity contribution in [2.45, 2.75) is 36.7 Å². The second-order valence-electron chi connectivity index (χ2n) is 4.36. The fourth-order valence-electron chi connectivity index (χ4n) is 1.18. The van der Waals surface area contributed by atoms with Gasteiger partial charge >= 0.3 is 0 Å². The van der Waals surface area contributed by atoms with Gasteiger partial charge in [-0.25, -0.2) is 13.1 Å². The van der Waals surface area contributed by atoms with Crippen molar-refractivity contribution in [3.63, 3.8) is 0 Å². The summed E-state index contributed by atoms with van der Waals surface area (Å²) in [5.74, 6) is 0. The molecule has 0 aromatic carbocycles. The lowest BCUT2D eigenvalue weighted by Crippen LogP contribution is -2.49. The summed E-state index contributed by atoms with van der Waals surface area (Å²) in [4.78, 5) is 0. The molecule has 98 valence electrons. The number of aromatic nitrogens is 2. The number of alkyl halides is 1. The van der Waals surface area contributed by atoms with Crippen LogP contribution in [0.2, 0.25) is 5.02 Å². The maximum absolute atomic E-state index is 12.1. The second kappa shape index (κ2) is 4.76. The highest BCUT2D eigenvalue weighted by molar-refractivity contribution is 7.89. The van der Waals surface area contributed by atoms with Crippen LogP contribution in [0.3, 0.4) is 0 Å². The molecule has 1 N–H and O–H groups in total. The van der Waals surface area contributed by atoms with Crippen LogP contribution in [-0.2, 0) is 17.1 Å². The highest BCUT2D eigenvalue weighted by atomic mass is 35.5. The number of sulfonamides is 1. The molecular formula is C9H15Cl2N3O2S. The number of halogens is 2. The van der Waals surface area contributed by atoms with Gasteiger partial charge in [0.25, 0.3) is 10.0 Å². The van der Waals surface area contributed by atoms with Gasteiger partial charge in [-0.3, -0.25) is 4.68 Å². The van der Waals surface area contributed by atoms with E-state index < -0.39 is 15.6 Å². The minimum atomic E-state index is -3.75. The molecule has 1 aromatic rings. The van der Waals surface area contributed by atoms with Crippen LogP contribution in [0.5, 0.6) is 0 Å². The van der Waals surface area contributed by atoms with Crippen LogP contribution in [0.1, 0.15) is 20.8 Å². The van der Waals surface area contributed by atoms with Gasteiger partial charge in [0.05, 0.1) is 11.2 Å². The minimum Gasteiger partial charge on any atom is -0.255 e. The third-order valence-electron chi connectivity index (χ3n) is 2.49. The Kier molecular flexibility index (Phi) is 4.13. The van der Waals surface area contributed by atoms with E-state index in [-0.39, 0.29) is 15.4 Å². The van der Waals surface area contributed by atoms with E-state index in [9.17, 15) is 8.42 Å². The fourth-order valence-corrected chi connectivity index (χ4v) is 3.44. The molecule has 5 nitrogen and oxygen atoms in total. The van der Waals surface area contributed by atoms with Crippen LogP contribution in [-0.4, -0.2) is 29.1 Å². The van der Waals surface area contributed by atoms with Crippen LogP contribution in [0, 0.1) is 0 Å². The third kappa shape index (κ3) is 3.13. The molecule has 0 amide bonds. The van der Waals surface area contributed by atoms with E-state index in [1.54, 1.807) is 20.8 Å². The number of hydrogen-bond donors (Lipinski definition) is 1. The van der Waals surface area contributed by atoms with Crippen LogP contribution in [0.4, 0.5) is 0 Å². The summed E-state index contributed by atoms with van der Waals surface area (Å²) in [6.45, 7) is 5.12. The molecule has 1 aromatic heterocycles. The zero-order chi connectivity index (χ0) is 13.4. The van der Waals surface area contributed by atoms with Crippen molar-refractivity contribution in [1.29, 1.82) is 0 Å². The molecule has 0 bridgehead atoms. The van der Waals surface area contributed by atoms with Gasteiger partial charge in [0.1, 0.15) is 0 Å². The standard InChI is InChI=1S/C9H15Cl2N3O2S/c1-6(10)9(2,3)13-17(15,16)8-7(11)5-12-14(8)4/h5-6,13H,1-4H3. The van der Waals surface area contributed by atoms with Crippen molar-refractivity contribution in [2.24, 2.45) is 7.05 Å². The zero-order valence-electron chi connectivity index (χ0n) is 10.0. The van der Waals surface area contributed by atoms with Gasteiger partial charge in [-0.1, -0.05) is 11.6 Å². The predicted molar refractivity (Wildman–Crippen MR) is 67.9 cm³/mol. The normalized spacial score (nSPS) is 14.9. The van der Waals surface area contributed by atoms with Gasteiger partial charge in [0, 0.05) is 18.0 Å². The lowest BCUT2D eigenvalue weighted by Gasteiger charge is -2.28. The van der Waals surface area contributed by atoms with Crippen molar-refractivity contribution in [1.82, 2.24) is 14.5 Å². The molecule has 8 heteroatoms. The molecule has 1 heterocycles. The topological polar surface area (TPSA) is 64.0 Å². The summed E-state index contributed by atoms with van der Waals surface area (Å²) < 4.78 is 28.0. The van der Waals surface area contributed by atoms with Crippen LogP contribution in [0.15, 0.2) is 11.2 Å². The van der Waals surface area contributed by atoms with Crippen molar-refractivity contribution >= 4 is 33.2 Å². The highest BCUT2D eigenvalue weighted by Crippen LogP contribution is 2.23. The van der Waals surface area contributed by atoms with Gasteiger partial charge in [0.15, 0.2) is 5.03 Å². The van der Waals surface area contributed by atoms with Crippen molar-refractivity contribution < 1.29 is 8.42 Å². The number of nitrogens with zero attached hydrogens (tertiary/aromatic N) is 2. The maximum atomic E-state index is 12.1. The molecule has 1 atom stereocenters. The Balaban J connectivity index is 3.15. The van der Waals surface area contributed by atoms with Crippen molar-refractivity contribution in [3.8, 4) is 0 Å². The Morgan fingerprint density at radius 1 is 1.53 bits per heavy atom. The first-order valence-corrected chi connectivity index (χ1v) is 7.23. The lowest BCUT2D eigenvalue weighted by molar-refractivity contribution is 0.442. The third-order valence-corrected chi connectivity index (χ3v) is 5.21. The van der Waals surface area contributed by atoms with Gasteiger partial charge in [0.2, 0.25) is 0 Å². The molecule has 0 saturated heterocycles. The summed E-state index contributed by atoms with van der Waals surface area (Å²) in [5.41, 5.74) is -0.784. The molecule has 0 spiro atoms. The average Bonchev–Trinajstić information content (AvgIpc) is 2.44. The summed E-state index contributed by atoms with van der Waals surface area (Å²) in [6.07, 6.45) is 1.28. The SMILES string of the molecule is CC(Cl)C(C)(C)NS(=O)(=O)c1c(Cl)cnn1C. The van der Waals surface area contributed by atoms with E-state index >= 15 is 0 Å². The Hall–Kier alpha value is -0.300. The number of hydrogen-bond acceptors (Lipinski definition) is 3. The lowest BCUT2D eigenvalue weighted by atomic mass is 10.0. The first-order chi connectivity index (χ1) is 7.58. The smallest absolute Gasteiger partial charge is 0.255 e. The molecule has 0 aliphatic rings. The Morgan fingerprint density at radius 2 is 2.06 bits per heavy atom. The molecule has 0 aliphatic heterocycles. The molecule has 0 fully saturated rings. The quantitative estimate of drug-likeness (QED) is 0.862. The van der Waals surface area contributed by atoms with E-state index in [2.05, 4.69) is 9.82 Å². The zero-order valence-corrected chi connectivity index (χ0v) is 12.4. The van der Waals surface area contributed by atoms with Crippen LogP contribution >= 0.6 is 23.2 Å². The first kappa shape index (κ1) is 14.8. The monoisotopic (exact) mass is 299 g/mol. The molecule has 0 aliphatic carbocycles. The summed E-state index contributed by atoms with van der Waals surface area (Å²) in [7, 11) is -2.24. The minimum absolute atomic E-state index is 0.0652. The van der Waals surface area contributed by atoms with Gasteiger partial charge in [-0.15, -0.1) is 11.6 Å².